The molecule has 1 aromatic heterocycles. The van der Waals surface area contributed by atoms with E-state index < -0.39 is 17.5 Å². The fraction of sp³-hybridized carbons (Fsp3) is 0. The minimum absolute atomic E-state index is 0.00802. The third-order valence-corrected chi connectivity index (χ3v) is 3.61. The van der Waals surface area contributed by atoms with Crippen LogP contribution in [0.2, 0.25) is 5.15 Å². The maximum Gasteiger partial charge on any atom is 0.159 e. The molecule has 0 aliphatic carbocycles. The van der Waals surface area contributed by atoms with Crippen molar-refractivity contribution < 1.29 is 18.0 Å². The maximum absolute atomic E-state index is 13.4. The summed E-state index contributed by atoms with van der Waals surface area (Å²) in [5, 5.41) is 4.16. The van der Waals surface area contributed by atoms with Gasteiger partial charge in [-0.2, -0.15) is 5.10 Å². The molecule has 0 saturated heterocycles. The molecule has 116 valence electrons. The second kappa shape index (κ2) is 5.89. The van der Waals surface area contributed by atoms with Crippen LogP contribution >= 0.6 is 11.6 Å². The zero-order valence-electron chi connectivity index (χ0n) is 11.4. The lowest BCUT2D eigenvalue weighted by molar-refractivity contribution is 0.112. The number of aldehydes is 1. The minimum Gasteiger partial charge on any atom is -0.298 e. The molecule has 3 aromatic rings. The van der Waals surface area contributed by atoms with Gasteiger partial charge in [0.2, 0.25) is 0 Å². The van der Waals surface area contributed by atoms with E-state index in [0.717, 1.165) is 12.1 Å². The molecule has 3 rings (SSSR count). The van der Waals surface area contributed by atoms with E-state index in [2.05, 4.69) is 5.10 Å². The fourth-order valence-electron chi connectivity index (χ4n) is 2.12. The Hall–Kier alpha value is -2.60. The van der Waals surface area contributed by atoms with Gasteiger partial charge in [0.05, 0.1) is 11.3 Å². The van der Waals surface area contributed by atoms with Crippen LogP contribution in [0.5, 0.6) is 0 Å². The predicted molar refractivity (Wildman–Crippen MR) is 79.3 cm³/mol. The lowest BCUT2D eigenvalue weighted by atomic mass is 10.1. The van der Waals surface area contributed by atoms with E-state index in [-0.39, 0.29) is 22.0 Å². The summed E-state index contributed by atoms with van der Waals surface area (Å²) < 4.78 is 40.7. The summed E-state index contributed by atoms with van der Waals surface area (Å²) in [5.74, 6) is -2.51. The quantitative estimate of drug-likeness (QED) is 0.663. The highest BCUT2D eigenvalue weighted by Gasteiger charge is 2.19. The van der Waals surface area contributed by atoms with Crippen molar-refractivity contribution in [3.8, 4) is 16.9 Å². The van der Waals surface area contributed by atoms with Crippen LogP contribution in [-0.2, 0) is 0 Å². The SMILES string of the molecule is O=Cc1c(-c2ccc(F)c(F)c2)nn(-c2ccc(F)cc2)c1Cl. The average molecular weight is 337 g/mol. The molecule has 0 saturated carbocycles. The molecule has 0 unspecified atom stereocenters. The Morgan fingerprint density at radius 2 is 1.70 bits per heavy atom. The van der Waals surface area contributed by atoms with E-state index in [1.807, 2.05) is 0 Å². The number of rotatable bonds is 3. The van der Waals surface area contributed by atoms with Crippen molar-refractivity contribution in [2.45, 2.75) is 0 Å². The summed E-state index contributed by atoms with van der Waals surface area (Å²) in [6, 6.07) is 8.44. The van der Waals surface area contributed by atoms with Crippen molar-refractivity contribution in [3.05, 3.63) is 70.6 Å². The van der Waals surface area contributed by atoms with Gasteiger partial charge in [-0.3, -0.25) is 4.79 Å². The lowest BCUT2D eigenvalue weighted by Crippen LogP contribution is -1.97. The molecule has 7 heteroatoms. The van der Waals surface area contributed by atoms with Crippen LogP contribution in [0.4, 0.5) is 13.2 Å². The Kier molecular flexibility index (Phi) is 3.92. The van der Waals surface area contributed by atoms with Gasteiger partial charge < -0.3 is 0 Å². The molecule has 0 atom stereocenters. The third-order valence-electron chi connectivity index (χ3n) is 3.25. The normalized spacial score (nSPS) is 10.8. The van der Waals surface area contributed by atoms with Crippen molar-refractivity contribution in [1.29, 1.82) is 0 Å². The van der Waals surface area contributed by atoms with Crippen LogP contribution in [0, 0.1) is 17.5 Å². The number of carbonyl (C=O) groups is 1. The molecule has 3 nitrogen and oxygen atoms in total. The molecule has 0 spiro atoms. The number of hydrogen-bond donors (Lipinski definition) is 0. The van der Waals surface area contributed by atoms with E-state index in [1.54, 1.807) is 0 Å². The summed E-state index contributed by atoms with van der Waals surface area (Å²) >= 11 is 6.13. The van der Waals surface area contributed by atoms with E-state index in [4.69, 9.17) is 11.6 Å². The number of halogens is 4. The molecular weight excluding hydrogens is 329 g/mol. The first kappa shape index (κ1) is 15.3. The zero-order valence-corrected chi connectivity index (χ0v) is 12.2. The monoisotopic (exact) mass is 336 g/mol. The predicted octanol–water partition coefficient (Wildman–Crippen LogP) is 4.42. The summed E-state index contributed by atoms with van der Waals surface area (Å²) in [6.07, 6.45) is 0.478. The number of hydrogen-bond acceptors (Lipinski definition) is 2. The van der Waals surface area contributed by atoms with Gasteiger partial charge in [-0.15, -0.1) is 0 Å². The van der Waals surface area contributed by atoms with Crippen molar-refractivity contribution in [2.75, 3.05) is 0 Å². The van der Waals surface area contributed by atoms with Crippen LogP contribution < -0.4 is 0 Å². The average Bonchev–Trinajstić information content (AvgIpc) is 2.87. The summed E-state index contributed by atoms with van der Waals surface area (Å²) in [5.41, 5.74) is 0.761. The van der Waals surface area contributed by atoms with Crippen LogP contribution in [0.3, 0.4) is 0 Å². The van der Waals surface area contributed by atoms with Crippen LogP contribution in [0.25, 0.3) is 16.9 Å². The molecule has 0 bridgehead atoms. The van der Waals surface area contributed by atoms with Gasteiger partial charge in [0.1, 0.15) is 16.7 Å². The van der Waals surface area contributed by atoms with Gasteiger partial charge in [-0.05, 0) is 42.5 Å². The molecule has 2 aromatic carbocycles. The molecule has 0 aliphatic heterocycles. The van der Waals surface area contributed by atoms with Gasteiger partial charge in [-0.25, -0.2) is 17.9 Å². The van der Waals surface area contributed by atoms with Gasteiger partial charge in [-0.1, -0.05) is 11.6 Å². The first-order chi connectivity index (χ1) is 11.0. The summed E-state index contributed by atoms with van der Waals surface area (Å²) in [4.78, 5) is 11.3. The fourth-order valence-corrected chi connectivity index (χ4v) is 2.39. The first-order valence-corrected chi connectivity index (χ1v) is 6.84. The molecule has 1 heterocycles. The van der Waals surface area contributed by atoms with Crippen molar-refractivity contribution >= 4 is 17.9 Å². The first-order valence-electron chi connectivity index (χ1n) is 6.46. The van der Waals surface area contributed by atoms with Gasteiger partial charge in [0.25, 0.3) is 0 Å². The van der Waals surface area contributed by atoms with Crippen LogP contribution in [0.15, 0.2) is 42.5 Å². The Morgan fingerprint density at radius 1 is 1.00 bits per heavy atom. The lowest BCUT2D eigenvalue weighted by Gasteiger charge is -2.02. The topological polar surface area (TPSA) is 34.9 Å². The molecule has 0 aliphatic rings. The number of nitrogens with zero attached hydrogens (tertiary/aromatic N) is 2. The number of aromatic nitrogens is 2. The van der Waals surface area contributed by atoms with Crippen LogP contribution in [-0.4, -0.2) is 16.1 Å². The summed E-state index contributed by atoms with van der Waals surface area (Å²) in [7, 11) is 0. The van der Waals surface area contributed by atoms with E-state index in [0.29, 0.717) is 12.0 Å². The molecule has 23 heavy (non-hydrogen) atoms. The molecule has 0 radical (unpaired) electrons. The van der Waals surface area contributed by atoms with Gasteiger partial charge in [0.15, 0.2) is 17.9 Å². The highest BCUT2D eigenvalue weighted by molar-refractivity contribution is 6.32. The Balaban J connectivity index is 2.18. The molecule has 0 amide bonds. The van der Waals surface area contributed by atoms with E-state index in [1.165, 1.54) is 35.0 Å². The third kappa shape index (κ3) is 2.73. The Bertz CT molecular complexity index is 891. The number of benzene rings is 2. The Labute approximate surface area is 133 Å². The van der Waals surface area contributed by atoms with Gasteiger partial charge >= 0.3 is 0 Å². The van der Waals surface area contributed by atoms with Crippen molar-refractivity contribution in [3.63, 3.8) is 0 Å². The summed E-state index contributed by atoms with van der Waals surface area (Å²) in [6.45, 7) is 0. The zero-order chi connectivity index (χ0) is 16.6. The molecule has 0 fully saturated rings. The van der Waals surface area contributed by atoms with Crippen molar-refractivity contribution in [2.24, 2.45) is 0 Å². The highest BCUT2D eigenvalue weighted by atomic mass is 35.5. The Morgan fingerprint density at radius 3 is 2.30 bits per heavy atom. The molecule has 0 N–H and O–H groups in total. The van der Waals surface area contributed by atoms with Gasteiger partial charge in [0, 0.05) is 5.56 Å². The highest BCUT2D eigenvalue weighted by Crippen LogP contribution is 2.30. The van der Waals surface area contributed by atoms with Crippen LogP contribution in [0.1, 0.15) is 10.4 Å². The minimum atomic E-state index is -1.06. The second-order valence-corrected chi connectivity index (χ2v) is 5.05. The second-order valence-electron chi connectivity index (χ2n) is 4.69. The van der Waals surface area contributed by atoms with E-state index in [9.17, 15) is 18.0 Å². The smallest absolute Gasteiger partial charge is 0.159 e. The standard InChI is InChI=1S/C16H8ClF3N2O/c17-16-12(8-23)15(9-1-6-13(19)14(20)7-9)21-22(16)11-4-2-10(18)3-5-11/h1-8H. The van der Waals surface area contributed by atoms with Crippen molar-refractivity contribution in [1.82, 2.24) is 9.78 Å². The largest absolute Gasteiger partial charge is 0.298 e. The molecular formula is C16H8ClF3N2O. The number of carbonyl (C=O) groups excluding carboxylic acids is 1. The van der Waals surface area contributed by atoms with E-state index >= 15 is 0 Å². The maximum atomic E-state index is 13.4.